The molecule has 1 atom stereocenters. The normalized spacial score (nSPS) is 18.2. The van der Waals surface area contributed by atoms with Crippen LogP contribution in [0, 0.1) is 0 Å². The van der Waals surface area contributed by atoms with Gasteiger partial charge in [-0.15, -0.1) is 0 Å². The maximum absolute atomic E-state index is 11.9. The van der Waals surface area contributed by atoms with E-state index in [0.29, 0.717) is 5.69 Å². The van der Waals surface area contributed by atoms with Crippen molar-refractivity contribution in [2.45, 2.75) is 31.9 Å². The van der Waals surface area contributed by atoms with Crippen molar-refractivity contribution in [1.82, 2.24) is 9.78 Å². The lowest BCUT2D eigenvalue weighted by Gasteiger charge is -2.22. The molecule has 0 aliphatic carbocycles. The third kappa shape index (κ3) is 4.79. The molecule has 0 bridgehead atoms. The number of nitrogens with zero attached hydrogens (tertiary/aromatic N) is 2. The highest BCUT2D eigenvalue weighted by Gasteiger charge is 2.14. The van der Waals surface area contributed by atoms with Crippen molar-refractivity contribution >= 4 is 17.7 Å². The topological polar surface area (TPSA) is 56.2 Å². The molecule has 1 aromatic heterocycles. The van der Waals surface area contributed by atoms with E-state index in [-0.39, 0.29) is 12.0 Å². The number of carbonyl (C=O) groups excluding carboxylic acids is 1. The molecule has 0 spiro atoms. The first-order chi connectivity index (χ1) is 11.3. The molecule has 1 fully saturated rings. The van der Waals surface area contributed by atoms with Gasteiger partial charge in [-0.05, 0) is 30.9 Å². The van der Waals surface area contributed by atoms with Gasteiger partial charge in [-0.1, -0.05) is 30.3 Å². The zero-order valence-electron chi connectivity index (χ0n) is 13.0. The standard InChI is InChI=1S/C18H21N3O2/c22-18(10-9-15-6-2-1-3-7-15)20-16-12-19-21(13-16)14-17-8-4-5-11-23-17/h1-3,6-7,9-10,12-13,17H,4-5,8,11,14H2,(H,20,22). The lowest BCUT2D eigenvalue weighted by molar-refractivity contribution is -0.111. The van der Waals surface area contributed by atoms with Crippen LogP contribution in [0.5, 0.6) is 0 Å². The Kier molecular flexibility index (Phi) is 5.21. The summed E-state index contributed by atoms with van der Waals surface area (Å²) in [5.41, 5.74) is 1.69. The fourth-order valence-electron chi connectivity index (χ4n) is 2.61. The molecule has 1 aliphatic rings. The summed E-state index contributed by atoms with van der Waals surface area (Å²) in [7, 11) is 0. The number of rotatable bonds is 5. The fourth-order valence-corrected chi connectivity index (χ4v) is 2.61. The van der Waals surface area contributed by atoms with Gasteiger partial charge in [0.25, 0.3) is 0 Å². The monoisotopic (exact) mass is 311 g/mol. The van der Waals surface area contributed by atoms with Gasteiger partial charge >= 0.3 is 0 Å². The lowest BCUT2D eigenvalue weighted by Crippen LogP contribution is -2.24. The van der Waals surface area contributed by atoms with Gasteiger partial charge in [0.05, 0.1) is 24.5 Å². The van der Waals surface area contributed by atoms with Crippen LogP contribution in [0.3, 0.4) is 0 Å². The maximum Gasteiger partial charge on any atom is 0.248 e. The minimum atomic E-state index is -0.165. The first kappa shape index (κ1) is 15.5. The number of carbonyl (C=O) groups is 1. The van der Waals surface area contributed by atoms with Crippen LogP contribution in [-0.2, 0) is 16.1 Å². The average Bonchev–Trinajstić information content (AvgIpc) is 3.02. The third-order valence-corrected chi connectivity index (χ3v) is 3.79. The van der Waals surface area contributed by atoms with E-state index in [4.69, 9.17) is 4.74 Å². The SMILES string of the molecule is O=C(C=Cc1ccccc1)Nc1cnn(CC2CCCCO2)c1. The minimum Gasteiger partial charge on any atom is -0.376 e. The van der Waals surface area contributed by atoms with Crippen LogP contribution in [0.2, 0.25) is 0 Å². The molecular weight excluding hydrogens is 290 g/mol. The van der Waals surface area contributed by atoms with Crippen molar-refractivity contribution in [2.24, 2.45) is 0 Å². The predicted octanol–water partition coefficient (Wildman–Crippen LogP) is 3.10. The summed E-state index contributed by atoms with van der Waals surface area (Å²) in [6.45, 7) is 1.57. The molecular formula is C18H21N3O2. The summed E-state index contributed by atoms with van der Waals surface area (Å²) in [6, 6.07) is 9.73. The molecule has 3 rings (SSSR count). The number of benzene rings is 1. The summed E-state index contributed by atoms with van der Waals surface area (Å²) in [4.78, 5) is 11.9. The van der Waals surface area contributed by atoms with E-state index in [2.05, 4.69) is 10.4 Å². The molecule has 0 radical (unpaired) electrons. The van der Waals surface area contributed by atoms with E-state index < -0.39 is 0 Å². The van der Waals surface area contributed by atoms with E-state index in [9.17, 15) is 4.79 Å². The lowest BCUT2D eigenvalue weighted by atomic mass is 10.1. The van der Waals surface area contributed by atoms with Crippen molar-refractivity contribution in [2.75, 3.05) is 11.9 Å². The Morgan fingerprint density at radius 2 is 2.22 bits per heavy atom. The molecule has 1 amide bonds. The highest BCUT2D eigenvalue weighted by molar-refractivity contribution is 6.01. The van der Waals surface area contributed by atoms with Crippen molar-refractivity contribution in [3.63, 3.8) is 0 Å². The highest BCUT2D eigenvalue weighted by Crippen LogP contribution is 2.15. The van der Waals surface area contributed by atoms with Crippen LogP contribution >= 0.6 is 0 Å². The van der Waals surface area contributed by atoms with Crippen molar-refractivity contribution in [1.29, 1.82) is 0 Å². The molecule has 1 saturated heterocycles. The van der Waals surface area contributed by atoms with E-state index in [1.807, 2.05) is 41.2 Å². The van der Waals surface area contributed by atoms with Crippen LogP contribution in [0.15, 0.2) is 48.8 Å². The summed E-state index contributed by atoms with van der Waals surface area (Å²) in [6.07, 6.45) is 10.5. The van der Waals surface area contributed by atoms with Crippen LogP contribution in [0.25, 0.3) is 6.08 Å². The van der Waals surface area contributed by atoms with Crippen LogP contribution in [0.1, 0.15) is 24.8 Å². The van der Waals surface area contributed by atoms with Gasteiger partial charge in [0.2, 0.25) is 5.91 Å². The number of ether oxygens (including phenoxy) is 1. The third-order valence-electron chi connectivity index (χ3n) is 3.79. The molecule has 1 N–H and O–H groups in total. The van der Waals surface area contributed by atoms with E-state index in [0.717, 1.165) is 31.6 Å². The molecule has 5 heteroatoms. The highest BCUT2D eigenvalue weighted by atomic mass is 16.5. The quantitative estimate of drug-likeness (QED) is 0.863. The summed E-state index contributed by atoms with van der Waals surface area (Å²) in [5.74, 6) is -0.165. The Morgan fingerprint density at radius 3 is 3.00 bits per heavy atom. The van der Waals surface area contributed by atoms with Gasteiger partial charge in [-0.2, -0.15) is 5.10 Å². The molecule has 0 saturated carbocycles. The van der Waals surface area contributed by atoms with Gasteiger partial charge in [0.15, 0.2) is 0 Å². The molecule has 5 nitrogen and oxygen atoms in total. The molecule has 1 aliphatic heterocycles. The number of amides is 1. The zero-order chi connectivity index (χ0) is 15.9. The Morgan fingerprint density at radius 1 is 1.35 bits per heavy atom. The van der Waals surface area contributed by atoms with Gasteiger partial charge in [-0.25, -0.2) is 0 Å². The van der Waals surface area contributed by atoms with Crippen LogP contribution in [-0.4, -0.2) is 28.4 Å². The smallest absolute Gasteiger partial charge is 0.248 e. The van der Waals surface area contributed by atoms with Gasteiger partial charge in [-0.3, -0.25) is 9.48 Å². The van der Waals surface area contributed by atoms with Crippen LogP contribution < -0.4 is 5.32 Å². The van der Waals surface area contributed by atoms with Crippen molar-refractivity contribution < 1.29 is 9.53 Å². The second-order valence-electron chi connectivity index (χ2n) is 5.67. The molecule has 1 aromatic carbocycles. The Balaban J connectivity index is 1.52. The zero-order valence-corrected chi connectivity index (χ0v) is 13.0. The second-order valence-corrected chi connectivity index (χ2v) is 5.67. The molecule has 2 heterocycles. The predicted molar refractivity (Wildman–Crippen MR) is 89.9 cm³/mol. The van der Waals surface area contributed by atoms with Gasteiger partial charge < -0.3 is 10.1 Å². The summed E-state index contributed by atoms with van der Waals surface area (Å²) >= 11 is 0. The van der Waals surface area contributed by atoms with Crippen LogP contribution in [0.4, 0.5) is 5.69 Å². The number of nitrogens with one attached hydrogen (secondary N) is 1. The fraction of sp³-hybridized carbons (Fsp3) is 0.333. The number of aromatic nitrogens is 2. The average molecular weight is 311 g/mol. The first-order valence-electron chi connectivity index (χ1n) is 7.98. The molecule has 120 valence electrons. The number of anilines is 1. The summed E-state index contributed by atoms with van der Waals surface area (Å²) < 4.78 is 7.53. The molecule has 23 heavy (non-hydrogen) atoms. The maximum atomic E-state index is 11.9. The Hall–Kier alpha value is -2.40. The first-order valence-corrected chi connectivity index (χ1v) is 7.98. The van der Waals surface area contributed by atoms with E-state index >= 15 is 0 Å². The van der Waals surface area contributed by atoms with E-state index in [1.165, 1.54) is 12.5 Å². The van der Waals surface area contributed by atoms with Crippen molar-refractivity contribution in [3.8, 4) is 0 Å². The molecule has 2 aromatic rings. The molecule has 1 unspecified atom stereocenters. The minimum absolute atomic E-state index is 0.165. The van der Waals surface area contributed by atoms with Gasteiger partial charge in [0, 0.05) is 18.9 Å². The number of hydrogen-bond acceptors (Lipinski definition) is 3. The van der Waals surface area contributed by atoms with E-state index in [1.54, 1.807) is 12.3 Å². The summed E-state index contributed by atoms with van der Waals surface area (Å²) in [5, 5.41) is 7.10. The Labute approximate surface area is 136 Å². The Bertz CT molecular complexity index is 658. The largest absolute Gasteiger partial charge is 0.376 e. The second kappa shape index (κ2) is 7.74. The van der Waals surface area contributed by atoms with Gasteiger partial charge in [0.1, 0.15) is 0 Å². The number of hydrogen-bond donors (Lipinski definition) is 1. The van der Waals surface area contributed by atoms with Crippen molar-refractivity contribution in [3.05, 3.63) is 54.4 Å².